The highest BCUT2D eigenvalue weighted by molar-refractivity contribution is 7.12. The van der Waals surface area contributed by atoms with Crippen LogP contribution in [0.5, 0.6) is 5.75 Å². The van der Waals surface area contributed by atoms with Crippen molar-refractivity contribution in [1.29, 1.82) is 0 Å². The molecule has 0 aliphatic rings. The number of methoxy groups -OCH3 is 1. The summed E-state index contributed by atoms with van der Waals surface area (Å²) in [6.07, 6.45) is 0. The Bertz CT molecular complexity index is 1240. The number of hydrogen-bond acceptors (Lipinski definition) is 6. The van der Waals surface area contributed by atoms with Gasteiger partial charge in [0.15, 0.2) is 5.69 Å². The van der Waals surface area contributed by atoms with Crippen molar-refractivity contribution in [3.63, 3.8) is 0 Å². The summed E-state index contributed by atoms with van der Waals surface area (Å²) >= 11 is 7.45. The summed E-state index contributed by atoms with van der Waals surface area (Å²) in [6, 6.07) is 14.6. The second-order valence-corrected chi connectivity index (χ2v) is 7.36. The van der Waals surface area contributed by atoms with Crippen LogP contribution in [0.4, 0.5) is 11.4 Å². The van der Waals surface area contributed by atoms with Crippen molar-refractivity contribution in [2.24, 2.45) is 10.2 Å². The summed E-state index contributed by atoms with van der Waals surface area (Å²) in [5, 5.41) is 14.1. The zero-order valence-corrected chi connectivity index (χ0v) is 17.2. The fourth-order valence-corrected chi connectivity index (χ4v) is 3.65. The van der Waals surface area contributed by atoms with Gasteiger partial charge in [-0.25, -0.2) is 4.98 Å². The van der Waals surface area contributed by atoms with Gasteiger partial charge in [-0.15, -0.1) is 21.6 Å². The molecular formula is C20H16ClN5O2S. The summed E-state index contributed by atoms with van der Waals surface area (Å²) in [5.41, 5.74) is 2.68. The van der Waals surface area contributed by atoms with E-state index in [1.54, 1.807) is 38.3 Å². The van der Waals surface area contributed by atoms with Crippen LogP contribution in [0.25, 0.3) is 16.4 Å². The molecule has 2 heterocycles. The maximum absolute atomic E-state index is 12.8. The summed E-state index contributed by atoms with van der Waals surface area (Å²) < 4.78 is 6.55. The molecule has 4 aromatic rings. The Balaban J connectivity index is 1.65. The predicted octanol–water partition coefficient (Wildman–Crippen LogP) is 5.67. The highest BCUT2D eigenvalue weighted by atomic mass is 35.5. The van der Waals surface area contributed by atoms with E-state index >= 15 is 0 Å². The van der Waals surface area contributed by atoms with Crippen LogP contribution in [0, 0.1) is 6.92 Å². The number of benzene rings is 2. The summed E-state index contributed by atoms with van der Waals surface area (Å²) in [7, 11) is 1.62. The zero-order valence-electron chi connectivity index (χ0n) is 15.6. The molecule has 4 rings (SSSR count). The lowest BCUT2D eigenvalue weighted by Gasteiger charge is -2.00. The number of rotatable bonds is 5. The Morgan fingerprint density at radius 1 is 1.14 bits per heavy atom. The molecule has 0 amide bonds. The molecular weight excluding hydrogens is 410 g/mol. The van der Waals surface area contributed by atoms with Crippen LogP contribution < -0.4 is 10.3 Å². The van der Waals surface area contributed by atoms with Crippen LogP contribution in [-0.2, 0) is 0 Å². The molecule has 9 heteroatoms. The number of H-pyrrole nitrogens is 1. The summed E-state index contributed by atoms with van der Waals surface area (Å²) in [5.74, 6) is 0.772. The van der Waals surface area contributed by atoms with E-state index in [-0.39, 0.29) is 11.2 Å². The van der Waals surface area contributed by atoms with Gasteiger partial charge in [-0.05, 0) is 43.3 Å². The minimum Gasteiger partial charge on any atom is -0.497 e. The quantitative estimate of drug-likeness (QED) is 0.418. The average molecular weight is 426 g/mol. The number of ether oxygens (including phenoxy) is 1. The predicted molar refractivity (Wildman–Crippen MR) is 114 cm³/mol. The summed E-state index contributed by atoms with van der Waals surface area (Å²) in [4.78, 5) is 17.4. The van der Waals surface area contributed by atoms with E-state index in [2.05, 4.69) is 20.3 Å². The van der Waals surface area contributed by atoms with Crippen LogP contribution in [0.1, 0.15) is 5.69 Å². The minimum absolute atomic E-state index is 0.214. The highest BCUT2D eigenvalue weighted by Gasteiger charge is 2.15. The monoisotopic (exact) mass is 425 g/mol. The fraction of sp³-hybridized carbons (Fsp3) is 0.100. The Labute approximate surface area is 175 Å². The molecule has 0 fully saturated rings. The van der Waals surface area contributed by atoms with Crippen LogP contribution >= 0.6 is 22.9 Å². The molecule has 0 bridgehead atoms. The SMILES string of the molecule is COc1ccc(-c2csc(-n3[nH]c(C)c(N=Nc4ccccc4Cl)c3=O)n2)cc1. The van der Waals surface area contributed by atoms with Crippen molar-refractivity contribution in [2.75, 3.05) is 7.11 Å². The molecule has 0 unspecified atom stereocenters. The van der Waals surface area contributed by atoms with E-state index in [1.165, 1.54) is 16.0 Å². The number of nitrogens with zero attached hydrogens (tertiary/aromatic N) is 4. The average Bonchev–Trinajstić information content (AvgIpc) is 3.33. The van der Waals surface area contributed by atoms with E-state index < -0.39 is 0 Å². The van der Waals surface area contributed by atoms with Gasteiger partial charge in [0.05, 0.1) is 23.5 Å². The van der Waals surface area contributed by atoms with Gasteiger partial charge < -0.3 is 4.74 Å². The molecule has 0 aliphatic carbocycles. The third-order valence-corrected chi connectivity index (χ3v) is 5.37. The molecule has 0 radical (unpaired) electrons. The van der Waals surface area contributed by atoms with E-state index in [1.807, 2.05) is 29.6 Å². The van der Waals surface area contributed by atoms with Gasteiger partial charge in [0.25, 0.3) is 0 Å². The van der Waals surface area contributed by atoms with Crippen molar-refractivity contribution in [3.8, 4) is 22.1 Å². The zero-order chi connectivity index (χ0) is 20.4. The highest BCUT2D eigenvalue weighted by Crippen LogP contribution is 2.28. The third kappa shape index (κ3) is 3.85. The molecule has 2 aromatic carbocycles. The van der Waals surface area contributed by atoms with Gasteiger partial charge in [0.2, 0.25) is 5.13 Å². The van der Waals surface area contributed by atoms with Gasteiger partial charge >= 0.3 is 5.56 Å². The first kappa shape index (κ1) is 19.1. The van der Waals surface area contributed by atoms with Gasteiger partial charge in [0, 0.05) is 10.9 Å². The lowest BCUT2D eigenvalue weighted by molar-refractivity contribution is 0.415. The van der Waals surface area contributed by atoms with Crippen LogP contribution in [0.2, 0.25) is 5.02 Å². The number of aryl methyl sites for hydroxylation is 1. The Morgan fingerprint density at radius 3 is 2.62 bits per heavy atom. The van der Waals surface area contributed by atoms with E-state index in [4.69, 9.17) is 16.3 Å². The van der Waals surface area contributed by atoms with Gasteiger partial charge in [-0.1, -0.05) is 23.7 Å². The van der Waals surface area contributed by atoms with Crippen molar-refractivity contribution >= 4 is 34.3 Å². The number of hydrogen-bond donors (Lipinski definition) is 1. The molecule has 0 spiro atoms. The number of nitrogens with one attached hydrogen (secondary N) is 1. The number of thiazole rings is 1. The van der Waals surface area contributed by atoms with Crippen molar-refractivity contribution in [3.05, 3.63) is 75.0 Å². The van der Waals surface area contributed by atoms with Gasteiger partial charge in [-0.3, -0.25) is 9.89 Å². The Morgan fingerprint density at radius 2 is 1.90 bits per heavy atom. The largest absolute Gasteiger partial charge is 0.497 e. The maximum atomic E-state index is 12.8. The second-order valence-electron chi connectivity index (χ2n) is 6.12. The molecule has 0 atom stereocenters. The minimum atomic E-state index is -0.325. The topological polar surface area (TPSA) is 84.6 Å². The fourth-order valence-electron chi connectivity index (χ4n) is 2.69. The molecule has 0 aliphatic heterocycles. The van der Waals surface area contributed by atoms with E-state index in [0.29, 0.717) is 21.5 Å². The number of aromatic nitrogens is 3. The molecule has 2 aromatic heterocycles. The normalized spacial score (nSPS) is 11.3. The first-order valence-electron chi connectivity index (χ1n) is 8.65. The second kappa shape index (κ2) is 8.02. The lowest BCUT2D eigenvalue weighted by atomic mass is 10.2. The molecule has 29 heavy (non-hydrogen) atoms. The molecule has 7 nitrogen and oxygen atoms in total. The van der Waals surface area contributed by atoms with Crippen LogP contribution in [0.3, 0.4) is 0 Å². The first-order chi connectivity index (χ1) is 14.1. The van der Waals surface area contributed by atoms with Crippen molar-refractivity contribution in [2.45, 2.75) is 6.92 Å². The molecule has 0 saturated carbocycles. The molecule has 146 valence electrons. The smallest absolute Gasteiger partial charge is 0.301 e. The summed E-state index contributed by atoms with van der Waals surface area (Å²) in [6.45, 7) is 1.76. The maximum Gasteiger partial charge on any atom is 0.301 e. The van der Waals surface area contributed by atoms with Gasteiger partial charge in [0.1, 0.15) is 11.4 Å². The Kier molecular flexibility index (Phi) is 5.28. The van der Waals surface area contributed by atoms with Gasteiger partial charge in [-0.2, -0.15) is 4.68 Å². The standard InChI is InChI=1S/C20H16ClN5O2S/c1-12-18(24-23-16-6-4-3-5-15(16)21)19(27)26(25-12)20-22-17(11-29-20)13-7-9-14(28-2)10-8-13/h3-11,25H,1-2H3. The van der Waals surface area contributed by atoms with Crippen molar-refractivity contribution < 1.29 is 4.74 Å². The number of azo groups is 1. The number of aromatic amines is 1. The third-order valence-electron chi connectivity index (χ3n) is 4.22. The van der Waals surface area contributed by atoms with E-state index in [0.717, 1.165) is 17.0 Å². The molecule has 0 saturated heterocycles. The van der Waals surface area contributed by atoms with Crippen LogP contribution in [0.15, 0.2) is 68.9 Å². The van der Waals surface area contributed by atoms with E-state index in [9.17, 15) is 4.79 Å². The van der Waals surface area contributed by atoms with Crippen molar-refractivity contribution in [1.82, 2.24) is 14.8 Å². The van der Waals surface area contributed by atoms with Crippen LogP contribution in [-0.4, -0.2) is 21.9 Å². The Hall–Kier alpha value is -3.23. The lowest BCUT2D eigenvalue weighted by Crippen LogP contribution is -2.13. The molecule has 1 N–H and O–H groups in total. The number of halogens is 1. The first-order valence-corrected chi connectivity index (χ1v) is 9.91.